The average molecular weight is 359 g/mol. The molecule has 1 aliphatic rings. The summed E-state index contributed by atoms with van der Waals surface area (Å²) in [4.78, 5) is 12.4. The molecule has 0 radical (unpaired) electrons. The maximum atomic E-state index is 13.8. The molecular weight excluding hydrogens is 351 g/mol. The number of aliphatic hydroxyl groups is 1. The van der Waals surface area contributed by atoms with Crippen LogP contribution in [-0.4, -0.2) is 37.3 Å². The third-order valence-corrected chi connectivity index (χ3v) is 3.61. The van der Waals surface area contributed by atoms with Gasteiger partial charge in [-0.3, -0.25) is 0 Å². The third-order valence-electron chi connectivity index (χ3n) is 2.71. The van der Waals surface area contributed by atoms with Crippen LogP contribution >= 0.6 is 11.6 Å². The molecule has 9 heteroatoms. The topological polar surface area (TPSA) is 73.1 Å². The average Bonchev–Trinajstić information content (AvgIpc) is 2.92. The quantitative estimate of drug-likeness (QED) is 0.787. The first-order chi connectivity index (χ1) is 9.10. The number of rotatable bonds is 2. The first-order valence-corrected chi connectivity index (χ1v) is 7.19. The molecule has 0 saturated carbocycles. The summed E-state index contributed by atoms with van der Waals surface area (Å²) >= 11 is 6.67. The second-order valence-electron chi connectivity index (χ2n) is 3.96. The maximum absolute atomic E-state index is 13.8. The first kappa shape index (κ1) is 13.5. The third kappa shape index (κ3) is 2.34. The summed E-state index contributed by atoms with van der Waals surface area (Å²) in [5.41, 5.74) is 0.832. The number of hydrogen-bond donors (Lipinski definition) is 1. The van der Waals surface area contributed by atoms with Crippen molar-refractivity contribution in [3.8, 4) is 0 Å². The van der Waals surface area contributed by atoms with Crippen molar-refractivity contribution in [1.29, 1.82) is 0 Å². The van der Waals surface area contributed by atoms with Crippen LogP contribution in [-0.2, 0) is 35.7 Å². The normalized spacial score (nSPS) is 22.9. The van der Waals surface area contributed by atoms with Crippen molar-refractivity contribution in [2.75, 3.05) is 6.61 Å². The number of halogens is 2. The summed E-state index contributed by atoms with van der Waals surface area (Å²) in [7, 11) is 0. The van der Waals surface area contributed by atoms with Gasteiger partial charge >= 0.3 is 132 Å². The van der Waals surface area contributed by atoms with E-state index >= 15 is 0 Å². The van der Waals surface area contributed by atoms with Gasteiger partial charge in [-0.25, -0.2) is 0 Å². The Kier molecular flexibility index (Phi) is 3.66. The molecule has 6 nitrogen and oxygen atoms in total. The molecule has 0 amide bonds. The van der Waals surface area contributed by atoms with E-state index in [1.54, 1.807) is 0 Å². The van der Waals surface area contributed by atoms with Crippen LogP contribution in [0.4, 0.5) is 4.39 Å². The van der Waals surface area contributed by atoms with Crippen molar-refractivity contribution in [2.24, 2.45) is 0 Å². The number of aromatic nitrogens is 4. The van der Waals surface area contributed by atoms with Crippen molar-refractivity contribution >= 4 is 25.4 Å². The van der Waals surface area contributed by atoms with E-state index in [9.17, 15) is 4.39 Å². The van der Waals surface area contributed by atoms with Crippen molar-refractivity contribution in [1.82, 2.24) is 19.5 Å². The van der Waals surface area contributed by atoms with Gasteiger partial charge in [0.25, 0.3) is 0 Å². The minimum atomic E-state index is -0.965. The van der Waals surface area contributed by atoms with Crippen LogP contribution in [0, 0.1) is 0 Å². The summed E-state index contributed by atoms with van der Waals surface area (Å²) in [5.74, 6) is -0.484. The van der Waals surface area contributed by atoms with E-state index in [-0.39, 0.29) is 11.8 Å². The summed E-state index contributed by atoms with van der Waals surface area (Å²) < 4.78 is 21.2. The van der Waals surface area contributed by atoms with Crippen molar-refractivity contribution in [2.45, 2.75) is 12.3 Å². The van der Waals surface area contributed by atoms with Crippen LogP contribution in [0.1, 0.15) is 6.23 Å². The summed E-state index contributed by atoms with van der Waals surface area (Å²) in [6, 6.07) is 0. The van der Waals surface area contributed by atoms with Gasteiger partial charge in [-0.15, -0.1) is 0 Å². The molecule has 2 aromatic heterocycles. The summed E-state index contributed by atoms with van der Waals surface area (Å²) in [5, 5.41) is 9.24. The molecule has 3 heterocycles. The Morgan fingerprint density at radius 2 is 2.32 bits per heavy atom. The van der Waals surface area contributed by atoms with Crippen molar-refractivity contribution in [3.05, 3.63) is 23.4 Å². The molecule has 3 rings (SSSR count). The molecule has 2 atom stereocenters. The molecule has 0 aliphatic carbocycles. The van der Waals surface area contributed by atoms with Crippen LogP contribution in [0.25, 0.3) is 11.2 Å². The number of hydrogen-bond acceptors (Lipinski definition) is 5. The minimum absolute atomic E-state index is 0.243. The number of imidazole rings is 1. The van der Waals surface area contributed by atoms with Crippen LogP contribution in [0.3, 0.4) is 0 Å². The zero-order valence-electron chi connectivity index (χ0n) is 9.49. The Hall–Kier alpha value is -0.466. The predicted molar refractivity (Wildman–Crippen MR) is 60.2 cm³/mol. The molecular formula is C10H7ClFN4O2Y. The Morgan fingerprint density at radius 1 is 1.53 bits per heavy atom. The van der Waals surface area contributed by atoms with E-state index in [1.807, 2.05) is 0 Å². The van der Waals surface area contributed by atoms with Gasteiger partial charge in [0.1, 0.15) is 0 Å². The van der Waals surface area contributed by atoms with E-state index in [0.717, 1.165) is 0 Å². The fourth-order valence-corrected chi connectivity index (χ4v) is 2.93. The Bertz CT molecular complexity index is 677. The molecule has 0 spiro atoms. The standard InChI is InChI=1S/C10H7ClFN4O2.Y/c11-8-7-9(14-3-13-8)16(4-15-7)10-6(12)1-5(2-17)18-10;/h1,4-5,10,17H,2H2;/t5-,10-;/m1./s1. The fourth-order valence-electron chi connectivity index (χ4n) is 1.89. The van der Waals surface area contributed by atoms with Gasteiger partial charge < -0.3 is 0 Å². The molecule has 0 bridgehead atoms. The first-order valence-electron chi connectivity index (χ1n) is 5.39. The van der Waals surface area contributed by atoms with Gasteiger partial charge in [-0.1, -0.05) is 0 Å². The number of aliphatic hydroxyl groups excluding tert-OH is 1. The fraction of sp³-hybridized carbons (Fsp3) is 0.300. The number of nitrogens with zero attached hydrogens (tertiary/aromatic N) is 4. The van der Waals surface area contributed by atoms with E-state index in [0.29, 0.717) is 44.8 Å². The summed E-state index contributed by atoms with van der Waals surface area (Å²) in [6.07, 6.45) is 1.02. The molecule has 2 aromatic rings. The van der Waals surface area contributed by atoms with Crippen LogP contribution in [0.15, 0.2) is 18.2 Å². The van der Waals surface area contributed by atoms with E-state index in [4.69, 9.17) is 21.4 Å². The molecule has 0 aromatic carbocycles. The van der Waals surface area contributed by atoms with Gasteiger partial charge in [0.2, 0.25) is 0 Å². The molecule has 96 valence electrons. The summed E-state index contributed by atoms with van der Waals surface area (Å²) in [6.45, 7) is -0.280. The second kappa shape index (κ2) is 5.14. The monoisotopic (exact) mass is 358 g/mol. The van der Waals surface area contributed by atoms with Crippen LogP contribution in [0.5, 0.6) is 0 Å². The number of ether oxygens (including phenoxy) is 1. The Morgan fingerprint density at radius 3 is 3.00 bits per heavy atom. The Labute approximate surface area is 132 Å². The van der Waals surface area contributed by atoms with Gasteiger partial charge in [0.05, 0.1) is 0 Å². The van der Waals surface area contributed by atoms with Gasteiger partial charge in [0.15, 0.2) is 0 Å². The molecule has 0 unspecified atom stereocenters. The molecule has 19 heavy (non-hydrogen) atoms. The van der Waals surface area contributed by atoms with Crippen molar-refractivity contribution < 1.29 is 45.2 Å². The van der Waals surface area contributed by atoms with Gasteiger partial charge in [-0.05, 0) is 0 Å². The van der Waals surface area contributed by atoms with Crippen LogP contribution < -0.4 is 2.64 Å². The second-order valence-corrected chi connectivity index (χ2v) is 5.59. The van der Waals surface area contributed by atoms with E-state index in [2.05, 4.69) is 15.0 Å². The molecule has 0 fully saturated rings. The zero-order valence-corrected chi connectivity index (χ0v) is 13.1. The van der Waals surface area contributed by atoms with Gasteiger partial charge in [-0.2, -0.15) is 0 Å². The predicted octanol–water partition coefficient (Wildman–Crippen LogP) is 0.395. The molecule has 1 aliphatic heterocycles. The Balaban J connectivity index is 2.10. The molecule has 1 N–H and O–H groups in total. The van der Waals surface area contributed by atoms with E-state index in [1.165, 1.54) is 17.0 Å². The molecule has 0 saturated heterocycles. The van der Waals surface area contributed by atoms with Crippen LogP contribution in [0.2, 0.25) is 5.15 Å². The van der Waals surface area contributed by atoms with Crippen molar-refractivity contribution in [3.63, 3.8) is 0 Å². The zero-order chi connectivity index (χ0) is 13.6. The van der Waals surface area contributed by atoms with E-state index < -0.39 is 18.2 Å². The van der Waals surface area contributed by atoms with Gasteiger partial charge in [0, 0.05) is 0 Å². The number of fused-ring (bicyclic) bond motifs is 1. The SMILES string of the molecule is OC[C@H]1C=C(F)[C@H](n2cnc3c(Cl)n[c]([Y])nc32)O1.